The lowest BCUT2D eigenvalue weighted by atomic mass is 9.67. The van der Waals surface area contributed by atoms with Gasteiger partial charge in [-0.1, -0.05) is 18.2 Å². The van der Waals surface area contributed by atoms with Crippen molar-refractivity contribution in [3.63, 3.8) is 0 Å². The van der Waals surface area contributed by atoms with Gasteiger partial charge in [0.15, 0.2) is 11.5 Å². The Labute approximate surface area is 180 Å². The van der Waals surface area contributed by atoms with Gasteiger partial charge in [0.25, 0.3) is 0 Å². The van der Waals surface area contributed by atoms with Crippen molar-refractivity contribution in [2.75, 3.05) is 34.5 Å². The van der Waals surface area contributed by atoms with E-state index in [-0.39, 0.29) is 11.0 Å². The molecule has 5 nitrogen and oxygen atoms in total. The monoisotopic (exact) mass is 413 g/mol. The fourth-order valence-electron chi connectivity index (χ4n) is 4.58. The molecule has 0 amide bonds. The maximum absolute atomic E-state index is 6.04. The van der Waals surface area contributed by atoms with Crippen LogP contribution in [0.1, 0.15) is 44.2 Å². The number of hydrogen-bond acceptors (Lipinski definition) is 5. The summed E-state index contributed by atoms with van der Waals surface area (Å²) in [6, 6.07) is 14.6. The maximum Gasteiger partial charge on any atom is 0.161 e. The summed E-state index contributed by atoms with van der Waals surface area (Å²) in [4.78, 5) is 0. The van der Waals surface area contributed by atoms with Crippen LogP contribution in [-0.4, -0.2) is 40.1 Å². The standard InChI is InChI=1S/C25H35NO4/c1-24(2)18-25(13-15-30-24,20-7-9-21(27-3)10-8-20)12-14-26-17-19-6-11-22(28-4)23(16-19)29-5/h6-11,16,26H,12-15,17-18H2,1-5H3/t25-/m1/s1. The van der Waals surface area contributed by atoms with Gasteiger partial charge in [-0.15, -0.1) is 0 Å². The Hall–Kier alpha value is -2.24. The Bertz CT molecular complexity index is 818. The van der Waals surface area contributed by atoms with Crippen LogP contribution in [0.5, 0.6) is 17.2 Å². The van der Waals surface area contributed by atoms with Gasteiger partial charge in [-0.05, 0) is 75.0 Å². The minimum atomic E-state index is -0.123. The highest BCUT2D eigenvalue weighted by Crippen LogP contribution is 2.44. The van der Waals surface area contributed by atoms with Crippen molar-refractivity contribution < 1.29 is 18.9 Å². The van der Waals surface area contributed by atoms with Crippen molar-refractivity contribution in [2.24, 2.45) is 0 Å². The van der Waals surface area contributed by atoms with Crippen molar-refractivity contribution in [1.29, 1.82) is 0 Å². The smallest absolute Gasteiger partial charge is 0.161 e. The molecule has 1 aliphatic heterocycles. The molecule has 1 atom stereocenters. The summed E-state index contributed by atoms with van der Waals surface area (Å²) in [5.74, 6) is 2.41. The van der Waals surface area contributed by atoms with E-state index in [4.69, 9.17) is 18.9 Å². The first-order valence-electron chi connectivity index (χ1n) is 10.6. The molecule has 30 heavy (non-hydrogen) atoms. The second-order valence-electron chi connectivity index (χ2n) is 8.66. The highest BCUT2D eigenvalue weighted by Gasteiger charge is 2.41. The zero-order valence-electron chi connectivity index (χ0n) is 18.9. The van der Waals surface area contributed by atoms with E-state index in [0.717, 1.165) is 56.2 Å². The molecule has 0 bridgehead atoms. The molecular weight excluding hydrogens is 378 g/mol. The highest BCUT2D eigenvalue weighted by molar-refractivity contribution is 5.42. The Morgan fingerprint density at radius 3 is 2.30 bits per heavy atom. The number of nitrogens with one attached hydrogen (secondary N) is 1. The Balaban J connectivity index is 1.68. The van der Waals surface area contributed by atoms with E-state index >= 15 is 0 Å². The first-order valence-corrected chi connectivity index (χ1v) is 10.6. The first kappa shape index (κ1) is 22.4. The van der Waals surface area contributed by atoms with E-state index in [9.17, 15) is 0 Å². The predicted octanol–water partition coefficient (Wildman–Crippen LogP) is 4.72. The third-order valence-electron chi connectivity index (χ3n) is 6.10. The summed E-state index contributed by atoms with van der Waals surface area (Å²) in [6.45, 7) is 6.90. The van der Waals surface area contributed by atoms with Gasteiger partial charge < -0.3 is 24.3 Å². The molecule has 1 saturated heterocycles. The lowest BCUT2D eigenvalue weighted by Gasteiger charge is -2.45. The zero-order chi connectivity index (χ0) is 21.6. The van der Waals surface area contributed by atoms with Crippen LogP contribution in [0.4, 0.5) is 0 Å². The summed E-state index contributed by atoms with van der Waals surface area (Å²) in [5, 5.41) is 3.62. The number of rotatable bonds is 9. The molecule has 1 aliphatic rings. The van der Waals surface area contributed by atoms with Gasteiger partial charge in [-0.2, -0.15) is 0 Å². The topological polar surface area (TPSA) is 49.0 Å². The fraction of sp³-hybridized carbons (Fsp3) is 0.520. The van der Waals surface area contributed by atoms with Gasteiger partial charge in [-0.3, -0.25) is 0 Å². The molecular formula is C25H35NO4. The summed E-state index contributed by atoms with van der Waals surface area (Å²) >= 11 is 0. The molecule has 0 aromatic heterocycles. The first-order chi connectivity index (χ1) is 14.4. The van der Waals surface area contributed by atoms with Crippen molar-refractivity contribution >= 4 is 0 Å². The van der Waals surface area contributed by atoms with E-state index in [1.54, 1.807) is 21.3 Å². The van der Waals surface area contributed by atoms with Crippen LogP contribution in [0.2, 0.25) is 0 Å². The SMILES string of the molecule is COc1ccc([C@]2(CCNCc3ccc(OC)c(OC)c3)CCOC(C)(C)C2)cc1. The number of benzene rings is 2. The summed E-state index contributed by atoms with van der Waals surface area (Å²) in [5.41, 5.74) is 2.52. The van der Waals surface area contributed by atoms with Gasteiger partial charge in [-0.25, -0.2) is 0 Å². The second-order valence-corrected chi connectivity index (χ2v) is 8.66. The van der Waals surface area contributed by atoms with Gasteiger partial charge in [0.2, 0.25) is 0 Å². The number of ether oxygens (including phenoxy) is 4. The number of hydrogen-bond donors (Lipinski definition) is 1. The van der Waals surface area contributed by atoms with E-state index in [2.05, 4.69) is 49.5 Å². The highest BCUT2D eigenvalue weighted by atomic mass is 16.5. The van der Waals surface area contributed by atoms with Crippen LogP contribution in [0.25, 0.3) is 0 Å². The van der Waals surface area contributed by atoms with E-state index in [1.807, 2.05) is 12.1 Å². The Kier molecular flexibility index (Phi) is 7.27. The van der Waals surface area contributed by atoms with Gasteiger partial charge >= 0.3 is 0 Å². The predicted molar refractivity (Wildman–Crippen MR) is 120 cm³/mol. The van der Waals surface area contributed by atoms with Gasteiger partial charge in [0.1, 0.15) is 5.75 Å². The summed E-state index contributed by atoms with van der Waals surface area (Å²) in [7, 11) is 5.03. The molecule has 1 fully saturated rings. The fourth-order valence-corrected chi connectivity index (χ4v) is 4.58. The third-order valence-corrected chi connectivity index (χ3v) is 6.10. The van der Waals surface area contributed by atoms with Crippen molar-refractivity contribution in [2.45, 2.75) is 50.7 Å². The molecule has 0 radical (unpaired) electrons. The van der Waals surface area contributed by atoms with E-state index in [0.29, 0.717) is 0 Å². The molecule has 0 saturated carbocycles. The van der Waals surface area contributed by atoms with Crippen molar-refractivity contribution in [3.8, 4) is 17.2 Å². The largest absolute Gasteiger partial charge is 0.497 e. The average Bonchev–Trinajstić information content (AvgIpc) is 2.76. The van der Waals surface area contributed by atoms with E-state index in [1.165, 1.54) is 11.1 Å². The quantitative estimate of drug-likeness (QED) is 0.603. The van der Waals surface area contributed by atoms with Crippen molar-refractivity contribution in [3.05, 3.63) is 53.6 Å². The minimum absolute atomic E-state index is 0.0959. The summed E-state index contributed by atoms with van der Waals surface area (Å²) < 4.78 is 22.1. The molecule has 164 valence electrons. The molecule has 1 heterocycles. The van der Waals surface area contributed by atoms with Crippen LogP contribution in [0.15, 0.2) is 42.5 Å². The minimum Gasteiger partial charge on any atom is -0.497 e. The molecule has 1 N–H and O–H groups in total. The average molecular weight is 414 g/mol. The zero-order valence-corrected chi connectivity index (χ0v) is 18.9. The lowest BCUT2D eigenvalue weighted by Crippen LogP contribution is -2.45. The second kappa shape index (κ2) is 9.71. The Morgan fingerprint density at radius 2 is 1.67 bits per heavy atom. The molecule has 0 spiro atoms. The lowest BCUT2D eigenvalue weighted by molar-refractivity contribution is -0.0840. The molecule has 2 aromatic carbocycles. The molecule has 0 unspecified atom stereocenters. The van der Waals surface area contributed by atoms with Gasteiger partial charge in [0.05, 0.1) is 26.9 Å². The van der Waals surface area contributed by atoms with Crippen LogP contribution in [0.3, 0.4) is 0 Å². The van der Waals surface area contributed by atoms with Crippen LogP contribution in [0, 0.1) is 0 Å². The molecule has 2 aromatic rings. The molecule has 3 rings (SSSR count). The summed E-state index contributed by atoms with van der Waals surface area (Å²) in [6.07, 6.45) is 3.09. The number of methoxy groups -OCH3 is 3. The Morgan fingerprint density at radius 1 is 0.933 bits per heavy atom. The van der Waals surface area contributed by atoms with Crippen LogP contribution >= 0.6 is 0 Å². The van der Waals surface area contributed by atoms with Crippen molar-refractivity contribution in [1.82, 2.24) is 5.32 Å². The maximum atomic E-state index is 6.04. The third kappa shape index (κ3) is 5.27. The van der Waals surface area contributed by atoms with Crippen LogP contribution in [-0.2, 0) is 16.7 Å². The van der Waals surface area contributed by atoms with Gasteiger partial charge in [0, 0.05) is 18.6 Å². The molecule has 0 aliphatic carbocycles. The van der Waals surface area contributed by atoms with Crippen LogP contribution < -0.4 is 19.5 Å². The van der Waals surface area contributed by atoms with E-state index < -0.39 is 0 Å². The molecule has 5 heteroatoms. The normalized spacial score (nSPS) is 20.6.